The molecule has 2 atom stereocenters. The predicted molar refractivity (Wildman–Crippen MR) is 173 cm³/mol. The molecule has 270 valence electrons. The molecule has 1 unspecified atom stereocenters. The van der Waals surface area contributed by atoms with Crippen molar-refractivity contribution in [3.8, 4) is 17.2 Å². The van der Waals surface area contributed by atoms with Gasteiger partial charge in [-0.2, -0.15) is 8.42 Å². The van der Waals surface area contributed by atoms with E-state index in [0.29, 0.717) is 4.90 Å². The number of urea groups is 2. The van der Waals surface area contributed by atoms with Crippen LogP contribution in [-0.4, -0.2) is 97.8 Å². The van der Waals surface area contributed by atoms with Crippen molar-refractivity contribution in [3.63, 3.8) is 0 Å². The van der Waals surface area contributed by atoms with Crippen LogP contribution in [0.2, 0.25) is 5.02 Å². The van der Waals surface area contributed by atoms with Gasteiger partial charge in [-0.15, -0.1) is 0 Å². The molecule has 3 aromatic rings. The standard InChI is InChI=1S/C27H25BClFN5O14PS/c29-20-16(7-8-17(36)22(20)37)33-51(47,48)35-10-9-34(27(35)42)26(41)32-21(12-1-4-14(5-2-12)50(44,45)46)24(38)31-18-11-13-3-6-15(30)19(25(39)40)23(13)49-28(18)43/h1-8,18,21,33,36-37,43H,9-11H2,(H,31,38)(H,32,41)(H,39,40)(H2,44,45,46)/t18-,21?/m0/s1. The number of amides is 5. The molecule has 2 heterocycles. The molecule has 2 aliphatic heterocycles. The van der Waals surface area contributed by atoms with Gasteiger partial charge in [-0.25, -0.2) is 28.0 Å². The molecular formula is C27H25BClFN5O14PS. The molecule has 24 heteroatoms. The van der Waals surface area contributed by atoms with E-state index in [1.165, 1.54) is 6.07 Å². The van der Waals surface area contributed by atoms with E-state index in [-0.39, 0.29) is 21.9 Å². The van der Waals surface area contributed by atoms with Crippen LogP contribution in [0.3, 0.4) is 0 Å². The van der Waals surface area contributed by atoms with Crippen molar-refractivity contribution in [2.24, 2.45) is 0 Å². The van der Waals surface area contributed by atoms with Crippen LogP contribution in [0.1, 0.15) is 27.5 Å². The van der Waals surface area contributed by atoms with Crippen LogP contribution in [0.4, 0.5) is 19.7 Å². The second kappa shape index (κ2) is 13.9. The van der Waals surface area contributed by atoms with Crippen LogP contribution < -0.4 is 25.3 Å². The Morgan fingerprint density at radius 2 is 1.73 bits per heavy atom. The zero-order valence-electron chi connectivity index (χ0n) is 25.4. The van der Waals surface area contributed by atoms with Gasteiger partial charge in [-0.1, -0.05) is 29.8 Å². The maximum Gasteiger partial charge on any atom is 0.547 e. The van der Waals surface area contributed by atoms with Gasteiger partial charge in [0, 0.05) is 0 Å². The van der Waals surface area contributed by atoms with Crippen LogP contribution >= 0.6 is 19.2 Å². The first-order chi connectivity index (χ1) is 23.8. The number of hydrogen-bond donors (Lipinski definition) is 9. The summed E-state index contributed by atoms with van der Waals surface area (Å²) in [4.78, 5) is 71.2. The number of benzene rings is 3. The highest BCUT2D eigenvalue weighted by atomic mass is 35.5. The SMILES string of the molecule is O=C(O)c1c(F)ccc2c1OB(O)[C@@H](NC(=O)C(NC(=O)N1CCN(S(=O)(=O)Nc3ccc(O)c(O)c3Cl)C1=O)c1ccc(P(=O)(O)O)cc1)C2. The van der Waals surface area contributed by atoms with Gasteiger partial charge in [0.1, 0.15) is 28.2 Å². The highest BCUT2D eigenvalue weighted by molar-refractivity contribution is 7.91. The number of rotatable bonds is 9. The molecule has 0 aromatic heterocycles. The Morgan fingerprint density at radius 3 is 2.35 bits per heavy atom. The molecule has 0 spiro atoms. The van der Waals surface area contributed by atoms with Crippen LogP contribution in [0.15, 0.2) is 48.5 Å². The number of carbonyl (C=O) groups is 4. The molecular weight excluding hydrogens is 747 g/mol. The van der Waals surface area contributed by atoms with Gasteiger partial charge in [0.05, 0.1) is 30.0 Å². The molecule has 1 saturated heterocycles. The molecule has 9 N–H and O–H groups in total. The molecule has 0 saturated carbocycles. The number of nitrogens with one attached hydrogen (secondary N) is 3. The number of carbonyl (C=O) groups excluding carboxylic acids is 3. The van der Waals surface area contributed by atoms with Gasteiger partial charge in [-0.05, 0) is 47.9 Å². The number of hydrogen-bond acceptors (Lipinski definition) is 11. The van der Waals surface area contributed by atoms with Gasteiger partial charge in [-0.3, -0.25) is 14.1 Å². The Hall–Kier alpha value is -5.12. The number of fused-ring (bicyclic) bond motifs is 1. The van der Waals surface area contributed by atoms with Gasteiger partial charge >= 0.3 is 43.0 Å². The normalized spacial score (nSPS) is 16.6. The second-order valence-corrected chi connectivity index (χ2v) is 14.5. The number of phenolic OH excluding ortho intramolecular Hbond substituents is 2. The third-order valence-electron chi connectivity index (χ3n) is 7.69. The lowest BCUT2D eigenvalue weighted by Gasteiger charge is -2.30. The molecule has 5 amide bonds. The monoisotopic (exact) mass is 771 g/mol. The largest absolute Gasteiger partial charge is 0.547 e. The Labute approximate surface area is 291 Å². The zero-order chi connectivity index (χ0) is 37.6. The van der Waals surface area contributed by atoms with Crippen molar-refractivity contribution in [1.82, 2.24) is 19.8 Å². The highest BCUT2D eigenvalue weighted by Crippen LogP contribution is 2.39. The van der Waals surface area contributed by atoms with Crippen molar-refractivity contribution in [2.75, 3.05) is 17.8 Å². The molecule has 5 rings (SSSR count). The lowest BCUT2D eigenvalue weighted by molar-refractivity contribution is -0.123. The third-order valence-corrected chi connectivity index (χ3v) is 10.4. The number of carboxylic acids is 1. The van der Waals surface area contributed by atoms with Gasteiger partial charge < -0.3 is 45.4 Å². The first-order valence-corrected chi connectivity index (χ1v) is 17.7. The number of carboxylic acid groups (broad SMARTS) is 1. The summed E-state index contributed by atoms with van der Waals surface area (Å²) in [6.07, 6.45) is -0.284. The summed E-state index contributed by atoms with van der Waals surface area (Å²) in [5, 5.41) is 43.0. The molecule has 0 radical (unpaired) electrons. The molecule has 0 bridgehead atoms. The van der Waals surface area contributed by atoms with E-state index in [1.807, 2.05) is 4.72 Å². The summed E-state index contributed by atoms with van der Waals surface area (Å²) in [5.74, 6) is -7.19. The second-order valence-electron chi connectivity index (χ2n) is 11.0. The van der Waals surface area contributed by atoms with E-state index in [2.05, 4.69) is 10.6 Å². The molecule has 1 fully saturated rings. The Morgan fingerprint density at radius 1 is 1.06 bits per heavy atom. The van der Waals surface area contributed by atoms with Gasteiger partial charge in [0.15, 0.2) is 11.5 Å². The first-order valence-electron chi connectivity index (χ1n) is 14.3. The molecule has 0 aliphatic carbocycles. The van der Waals surface area contributed by atoms with E-state index in [1.54, 1.807) is 0 Å². The summed E-state index contributed by atoms with van der Waals surface area (Å²) in [7, 11) is -11.4. The summed E-state index contributed by atoms with van der Waals surface area (Å²) < 4.78 is 59.4. The highest BCUT2D eigenvalue weighted by Gasteiger charge is 2.43. The molecule has 3 aromatic carbocycles. The lowest BCUT2D eigenvalue weighted by atomic mass is 9.72. The average Bonchev–Trinajstić information content (AvgIpc) is 3.46. The van der Waals surface area contributed by atoms with E-state index in [0.717, 1.165) is 42.5 Å². The van der Waals surface area contributed by atoms with Crippen LogP contribution in [0.25, 0.3) is 0 Å². The van der Waals surface area contributed by atoms with Crippen LogP contribution in [-0.2, 0) is 26.0 Å². The number of phenols is 2. The Bertz CT molecular complexity index is 2110. The number of imide groups is 1. The van der Waals surface area contributed by atoms with E-state index in [9.17, 15) is 66.7 Å². The fourth-order valence-electron chi connectivity index (χ4n) is 5.14. The fraction of sp³-hybridized carbons (Fsp3) is 0.185. The first kappa shape index (κ1) is 37.1. The molecule has 19 nitrogen and oxygen atoms in total. The number of nitrogens with zero attached hydrogens (tertiary/aromatic N) is 2. The van der Waals surface area contributed by atoms with E-state index in [4.69, 9.17) is 16.3 Å². The van der Waals surface area contributed by atoms with Gasteiger partial charge in [0.25, 0.3) is 0 Å². The average molecular weight is 772 g/mol. The van der Waals surface area contributed by atoms with Crippen molar-refractivity contribution >= 4 is 71.5 Å². The van der Waals surface area contributed by atoms with Crippen LogP contribution in [0.5, 0.6) is 17.2 Å². The van der Waals surface area contributed by atoms with Crippen molar-refractivity contribution in [1.29, 1.82) is 0 Å². The zero-order valence-corrected chi connectivity index (χ0v) is 27.9. The van der Waals surface area contributed by atoms with E-state index >= 15 is 0 Å². The summed E-state index contributed by atoms with van der Waals surface area (Å²) in [5.41, 5.74) is -1.27. The minimum Gasteiger partial charge on any atom is -0.534 e. The summed E-state index contributed by atoms with van der Waals surface area (Å²) in [6, 6.07) is 3.57. The smallest absolute Gasteiger partial charge is 0.534 e. The topological polar surface area (TPSA) is 293 Å². The third kappa shape index (κ3) is 7.50. The maximum absolute atomic E-state index is 14.2. The summed E-state index contributed by atoms with van der Waals surface area (Å²) >= 11 is 5.88. The van der Waals surface area contributed by atoms with Gasteiger partial charge in [0.2, 0.25) is 5.91 Å². The number of aromatic carboxylic acids is 1. The minimum atomic E-state index is -4.78. The van der Waals surface area contributed by atoms with Crippen LogP contribution in [0, 0.1) is 5.82 Å². The number of aromatic hydroxyl groups is 2. The molecule has 51 heavy (non-hydrogen) atoms. The summed E-state index contributed by atoms with van der Waals surface area (Å²) in [6.45, 7) is -1.11. The molecule has 2 aliphatic rings. The quantitative estimate of drug-likeness (QED) is 0.0615. The predicted octanol–water partition coefficient (Wildman–Crippen LogP) is 0.376. The van der Waals surface area contributed by atoms with Crippen molar-refractivity contribution < 1.29 is 71.3 Å². The Balaban J connectivity index is 1.37. The fourth-order valence-corrected chi connectivity index (χ4v) is 7.13. The lowest BCUT2D eigenvalue weighted by Crippen LogP contribution is -2.56. The Kier molecular flexibility index (Phi) is 10.1. The number of halogens is 2. The van der Waals surface area contributed by atoms with E-state index < -0.39 is 119 Å². The minimum absolute atomic E-state index is 0.0948. The van der Waals surface area contributed by atoms with Crippen molar-refractivity contribution in [3.05, 3.63) is 76.1 Å². The maximum atomic E-state index is 14.2. The number of anilines is 1. The van der Waals surface area contributed by atoms with Crippen molar-refractivity contribution in [2.45, 2.75) is 18.4 Å².